The highest BCUT2D eigenvalue weighted by molar-refractivity contribution is 9.10. The highest BCUT2D eigenvalue weighted by Crippen LogP contribution is 2.23. The zero-order valence-electron chi connectivity index (χ0n) is 10.9. The van der Waals surface area contributed by atoms with Gasteiger partial charge in [-0.1, -0.05) is 0 Å². The number of amides is 1. The second-order valence-corrected chi connectivity index (χ2v) is 5.15. The third-order valence-electron chi connectivity index (χ3n) is 2.35. The molecule has 0 saturated heterocycles. The minimum absolute atomic E-state index is 0.120. The van der Waals surface area contributed by atoms with E-state index in [0.717, 1.165) is 0 Å². The van der Waals surface area contributed by atoms with E-state index in [0.29, 0.717) is 10.4 Å². The largest absolute Gasteiger partial charge is 0.488 e. The van der Waals surface area contributed by atoms with Crippen LogP contribution < -0.4 is 10.1 Å². The van der Waals surface area contributed by atoms with Gasteiger partial charge in [-0.05, 0) is 54.0 Å². The summed E-state index contributed by atoms with van der Waals surface area (Å²) in [7, 11) is 0. The average Bonchev–Trinajstić information content (AvgIpc) is 2.79. The topological polar surface area (TPSA) is 51.5 Å². The minimum Gasteiger partial charge on any atom is -0.488 e. The molecule has 0 aliphatic rings. The predicted octanol–water partition coefficient (Wildman–Crippen LogP) is 4.22. The summed E-state index contributed by atoms with van der Waals surface area (Å²) in [6.45, 7) is 3.62. The Labute approximate surface area is 124 Å². The van der Waals surface area contributed by atoms with Gasteiger partial charge < -0.3 is 14.5 Å². The van der Waals surface area contributed by atoms with E-state index in [9.17, 15) is 9.18 Å². The molecular formula is C14H13BrFNO3. The maximum Gasteiger partial charge on any atom is 0.291 e. The van der Waals surface area contributed by atoms with Crippen molar-refractivity contribution in [2.24, 2.45) is 0 Å². The first-order valence-corrected chi connectivity index (χ1v) is 6.78. The third kappa shape index (κ3) is 3.60. The molecule has 0 atom stereocenters. The maximum absolute atomic E-state index is 13.8. The summed E-state index contributed by atoms with van der Waals surface area (Å²) in [5, 5.41) is 2.54. The Morgan fingerprint density at radius 3 is 2.65 bits per heavy atom. The first kappa shape index (κ1) is 14.6. The molecule has 2 rings (SSSR count). The Bertz CT molecular complexity index is 625. The standard InChI is InChI=1S/C14H13BrFNO3/c1-8(2)19-11-4-3-9(7-10(11)16)17-14(18)12-5-6-13(15)20-12/h3-8H,1-2H3,(H,17,18). The lowest BCUT2D eigenvalue weighted by Crippen LogP contribution is -2.11. The first-order valence-electron chi connectivity index (χ1n) is 5.98. The van der Waals surface area contributed by atoms with Gasteiger partial charge in [0.2, 0.25) is 0 Å². The molecule has 0 aliphatic carbocycles. The van der Waals surface area contributed by atoms with Crippen molar-refractivity contribution in [3.63, 3.8) is 0 Å². The number of halogens is 2. The lowest BCUT2D eigenvalue weighted by atomic mass is 10.2. The van der Waals surface area contributed by atoms with Gasteiger partial charge in [-0.2, -0.15) is 0 Å². The van der Waals surface area contributed by atoms with Crippen LogP contribution in [0.5, 0.6) is 5.75 Å². The Morgan fingerprint density at radius 1 is 1.35 bits per heavy atom. The SMILES string of the molecule is CC(C)Oc1ccc(NC(=O)c2ccc(Br)o2)cc1F. The van der Waals surface area contributed by atoms with Gasteiger partial charge in [0.25, 0.3) is 5.91 Å². The van der Waals surface area contributed by atoms with Crippen LogP contribution in [-0.4, -0.2) is 12.0 Å². The van der Waals surface area contributed by atoms with Crippen LogP contribution in [0, 0.1) is 5.82 Å². The molecule has 106 valence electrons. The highest BCUT2D eigenvalue weighted by Gasteiger charge is 2.12. The summed E-state index contributed by atoms with van der Waals surface area (Å²) in [4.78, 5) is 11.8. The Hall–Kier alpha value is -1.82. The second-order valence-electron chi connectivity index (χ2n) is 4.37. The molecule has 1 aromatic heterocycles. The third-order valence-corrected chi connectivity index (χ3v) is 2.78. The summed E-state index contributed by atoms with van der Waals surface area (Å²) in [5.74, 6) is -0.691. The molecule has 6 heteroatoms. The quantitative estimate of drug-likeness (QED) is 0.905. The van der Waals surface area contributed by atoms with E-state index in [1.54, 1.807) is 12.1 Å². The van der Waals surface area contributed by atoms with Crippen molar-refractivity contribution in [3.8, 4) is 5.75 Å². The molecule has 0 saturated carbocycles. The van der Waals surface area contributed by atoms with E-state index < -0.39 is 11.7 Å². The first-order chi connectivity index (χ1) is 9.45. The molecule has 1 heterocycles. The smallest absolute Gasteiger partial charge is 0.291 e. The van der Waals surface area contributed by atoms with Crippen LogP contribution in [0.1, 0.15) is 24.4 Å². The molecule has 0 bridgehead atoms. The Balaban J connectivity index is 2.10. The molecule has 4 nitrogen and oxygen atoms in total. The van der Waals surface area contributed by atoms with Crippen molar-refractivity contribution in [2.45, 2.75) is 20.0 Å². The van der Waals surface area contributed by atoms with Crippen molar-refractivity contribution in [2.75, 3.05) is 5.32 Å². The van der Waals surface area contributed by atoms with Crippen LogP contribution in [0.4, 0.5) is 10.1 Å². The van der Waals surface area contributed by atoms with E-state index in [4.69, 9.17) is 9.15 Å². The van der Waals surface area contributed by atoms with E-state index in [2.05, 4.69) is 21.2 Å². The fraction of sp³-hybridized carbons (Fsp3) is 0.214. The van der Waals surface area contributed by atoms with Crippen LogP contribution in [0.2, 0.25) is 0 Å². The van der Waals surface area contributed by atoms with Crippen molar-refractivity contribution in [3.05, 3.63) is 46.6 Å². The number of furan rings is 1. The molecule has 0 spiro atoms. The molecule has 0 fully saturated rings. The molecule has 0 radical (unpaired) electrons. The van der Waals surface area contributed by atoms with Crippen LogP contribution in [0.25, 0.3) is 0 Å². The monoisotopic (exact) mass is 341 g/mol. The van der Waals surface area contributed by atoms with E-state index in [1.807, 2.05) is 13.8 Å². The van der Waals surface area contributed by atoms with Gasteiger partial charge in [0, 0.05) is 11.8 Å². The average molecular weight is 342 g/mol. The maximum atomic E-state index is 13.8. The molecule has 1 aromatic carbocycles. The van der Waals surface area contributed by atoms with Gasteiger partial charge in [-0.25, -0.2) is 4.39 Å². The van der Waals surface area contributed by atoms with Crippen LogP contribution >= 0.6 is 15.9 Å². The summed E-state index contributed by atoms with van der Waals surface area (Å²) in [6.07, 6.45) is -0.120. The van der Waals surface area contributed by atoms with Gasteiger partial charge in [-0.3, -0.25) is 4.79 Å². The van der Waals surface area contributed by atoms with Gasteiger partial charge >= 0.3 is 0 Å². The summed E-state index contributed by atoms with van der Waals surface area (Å²) >= 11 is 3.11. The van der Waals surface area contributed by atoms with Crippen LogP contribution in [0.15, 0.2) is 39.4 Å². The van der Waals surface area contributed by atoms with Crippen LogP contribution in [0.3, 0.4) is 0 Å². The number of carbonyl (C=O) groups is 1. The van der Waals surface area contributed by atoms with Crippen molar-refractivity contribution in [1.82, 2.24) is 0 Å². The number of hydrogen-bond acceptors (Lipinski definition) is 3. The summed E-state index contributed by atoms with van der Waals surface area (Å²) in [5.41, 5.74) is 0.330. The summed E-state index contributed by atoms with van der Waals surface area (Å²) in [6, 6.07) is 7.37. The number of benzene rings is 1. The predicted molar refractivity (Wildman–Crippen MR) is 76.5 cm³/mol. The molecule has 0 aliphatic heterocycles. The van der Waals surface area contributed by atoms with Gasteiger partial charge in [0.05, 0.1) is 6.10 Å². The fourth-order valence-electron chi connectivity index (χ4n) is 1.56. The molecule has 1 N–H and O–H groups in total. The molecule has 1 amide bonds. The fourth-order valence-corrected chi connectivity index (χ4v) is 1.86. The van der Waals surface area contributed by atoms with E-state index in [-0.39, 0.29) is 17.6 Å². The number of ether oxygens (including phenoxy) is 1. The number of carbonyl (C=O) groups excluding carboxylic acids is 1. The molecule has 0 unspecified atom stereocenters. The van der Waals surface area contributed by atoms with Gasteiger partial charge in [0.1, 0.15) is 0 Å². The zero-order chi connectivity index (χ0) is 14.7. The van der Waals surface area contributed by atoms with Gasteiger partial charge in [-0.15, -0.1) is 0 Å². The molecule has 20 heavy (non-hydrogen) atoms. The van der Waals surface area contributed by atoms with Gasteiger partial charge in [0.15, 0.2) is 22.0 Å². The van der Waals surface area contributed by atoms with Crippen molar-refractivity contribution in [1.29, 1.82) is 0 Å². The van der Waals surface area contributed by atoms with Crippen molar-refractivity contribution >= 4 is 27.5 Å². The normalized spacial score (nSPS) is 10.7. The molecule has 2 aromatic rings. The molecular weight excluding hydrogens is 329 g/mol. The number of hydrogen-bond donors (Lipinski definition) is 1. The van der Waals surface area contributed by atoms with Crippen molar-refractivity contribution < 1.29 is 18.3 Å². The lowest BCUT2D eigenvalue weighted by molar-refractivity contribution is 0.0995. The highest BCUT2D eigenvalue weighted by atomic mass is 79.9. The minimum atomic E-state index is -0.530. The Kier molecular flexibility index (Phi) is 4.44. The summed E-state index contributed by atoms with van der Waals surface area (Å²) < 4.78 is 24.6. The van der Waals surface area contributed by atoms with Crippen LogP contribution in [-0.2, 0) is 0 Å². The van der Waals surface area contributed by atoms with E-state index in [1.165, 1.54) is 18.2 Å². The zero-order valence-corrected chi connectivity index (χ0v) is 12.5. The second kappa shape index (κ2) is 6.09. The lowest BCUT2D eigenvalue weighted by Gasteiger charge is -2.11. The Morgan fingerprint density at radius 2 is 2.10 bits per heavy atom. The van der Waals surface area contributed by atoms with E-state index >= 15 is 0 Å². The number of rotatable bonds is 4. The number of anilines is 1. The number of nitrogens with one attached hydrogen (secondary N) is 1.